The quantitative estimate of drug-likeness (QED) is 0.682. The second-order valence-corrected chi connectivity index (χ2v) is 8.42. The van der Waals surface area contributed by atoms with Gasteiger partial charge < -0.3 is 15.0 Å². The average molecular weight is 480 g/mol. The predicted molar refractivity (Wildman–Crippen MR) is 115 cm³/mol. The number of pyridine rings is 1. The lowest BCUT2D eigenvalue weighted by Gasteiger charge is -2.27. The maximum atomic E-state index is 14.7. The van der Waals surface area contributed by atoms with Gasteiger partial charge in [0.15, 0.2) is 0 Å². The number of aromatic nitrogens is 1. The average Bonchev–Trinajstić information content (AvgIpc) is 3.19. The number of hydrogen-bond donors (Lipinski definition) is 2. The number of benzene rings is 1. The van der Waals surface area contributed by atoms with E-state index < -0.39 is 35.6 Å². The number of nitrogens with zero attached hydrogens (tertiary/aromatic N) is 2. The summed E-state index contributed by atoms with van der Waals surface area (Å²) in [5.41, 5.74) is 0.239. The summed E-state index contributed by atoms with van der Waals surface area (Å²) >= 11 is 5.79. The van der Waals surface area contributed by atoms with E-state index in [1.165, 1.54) is 28.5 Å². The molecule has 3 N–H and O–H groups in total. The Hall–Kier alpha value is -2.95. The van der Waals surface area contributed by atoms with Gasteiger partial charge in [0, 0.05) is 18.3 Å². The molecule has 174 valence electrons. The molecule has 1 aromatic heterocycles. The molecule has 0 bridgehead atoms. The number of alkyl halides is 1. The summed E-state index contributed by atoms with van der Waals surface area (Å²) in [4.78, 5) is 42.9. The van der Waals surface area contributed by atoms with Gasteiger partial charge >= 0.3 is 5.91 Å². The molecule has 4 rings (SSSR count). The number of hydrogen-bond acceptors (Lipinski definition) is 5. The van der Waals surface area contributed by atoms with Gasteiger partial charge in [-0.15, -0.1) is 0 Å². The van der Waals surface area contributed by atoms with Gasteiger partial charge in [-0.3, -0.25) is 9.59 Å². The van der Waals surface area contributed by atoms with Crippen LogP contribution in [0.2, 0.25) is 5.02 Å². The summed E-state index contributed by atoms with van der Waals surface area (Å²) in [5.74, 6) is -3.57. The molecule has 2 aliphatic rings. The molecule has 2 aromatic rings. The first kappa shape index (κ1) is 23.2. The number of primary amides is 1. The van der Waals surface area contributed by atoms with Crippen molar-refractivity contribution in [3.8, 4) is 0 Å². The smallest absolute Gasteiger partial charge is 0.320 e. The lowest BCUT2D eigenvalue weighted by Crippen LogP contribution is -2.84. The Morgan fingerprint density at radius 2 is 2.00 bits per heavy atom. The minimum absolute atomic E-state index is 0.0792. The first-order chi connectivity index (χ1) is 15.8. The topological polar surface area (TPSA) is 105 Å². The van der Waals surface area contributed by atoms with Crippen molar-refractivity contribution in [1.29, 1.82) is 0 Å². The number of nitrogens with two attached hydrogens (primary N) is 1. The molecule has 1 saturated carbocycles. The molecule has 1 saturated heterocycles. The van der Waals surface area contributed by atoms with Gasteiger partial charge in [0.1, 0.15) is 18.6 Å². The molecule has 33 heavy (non-hydrogen) atoms. The summed E-state index contributed by atoms with van der Waals surface area (Å²) in [6, 6.07) is 7.12. The summed E-state index contributed by atoms with van der Waals surface area (Å²) in [7, 11) is 0. The van der Waals surface area contributed by atoms with Gasteiger partial charge in [-0.25, -0.2) is 23.9 Å². The van der Waals surface area contributed by atoms with E-state index in [2.05, 4.69) is 10.3 Å². The highest BCUT2D eigenvalue weighted by Crippen LogP contribution is 2.35. The van der Waals surface area contributed by atoms with Gasteiger partial charge in [0.25, 0.3) is 5.91 Å². The van der Waals surface area contributed by atoms with E-state index in [4.69, 9.17) is 16.3 Å². The van der Waals surface area contributed by atoms with Crippen molar-refractivity contribution in [2.24, 2.45) is 11.8 Å². The van der Waals surface area contributed by atoms with Gasteiger partial charge in [-0.1, -0.05) is 11.6 Å². The predicted octanol–water partition coefficient (Wildman–Crippen LogP) is 1.96. The monoisotopic (exact) mass is 479 g/mol. The van der Waals surface area contributed by atoms with E-state index in [9.17, 15) is 23.2 Å². The lowest BCUT2D eigenvalue weighted by atomic mass is 9.94. The molecule has 3 amide bonds. The SMILES string of the molecule is O=C(Nc1ccc(N2CCOCC2=O)cc1F)C1CC(F)CC1C(=O)[NH2+]c1ccc(Cl)cn1. The number of nitrogens with one attached hydrogen (secondary N) is 1. The normalized spacial score (nSPS) is 22.9. The summed E-state index contributed by atoms with van der Waals surface area (Å²) in [6.45, 7) is 0.562. The third kappa shape index (κ3) is 5.35. The molecule has 0 spiro atoms. The number of ether oxygens (including phenoxy) is 1. The van der Waals surface area contributed by atoms with E-state index in [0.717, 1.165) is 6.07 Å². The first-order valence-corrected chi connectivity index (χ1v) is 10.8. The number of carbonyl (C=O) groups is 3. The van der Waals surface area contributed by atoms with Crippen LogP contribution in [0, 0.1) is 17.7 Å². The molecule has 3 atom stereocenters. The number of rotatable bonds is 5. The largest absolute Gasteiger partial charge is 0.370 e. The number of quaternary nitrogens is 1. The number of anilines is 2. The van der Waals surface area contributed by atoms with Crippen LogP contribution in [0.4, 0.5) is 26.0 Å². The van der Waals surface area contributed by atoms with Crippen molar-refractivity contribution in [1.82, 2.24) is 4.98 Å². The Labute approximate surface area is 193 Å². The van der Waals surface area contributed by atoms with E-state index in [-0.39, 0.29) is 31.0 Å². The number of morpholine rings is 1. The molecule has 8 nitrogen and oxygen atoms in total. The van der Waals surface area contributed by atoms with Crippen molar-refractivity contribution >= 4 is 46.5 Å². The third-order valence-electron chi connectivity index (χ3n) is 5.76. The Kier molecular flexibility index (Phi) is 6.96. The van der Waals surface area contributed by atoms with Gasteiger partial charge in [0.2, 0.25) is 11.7 Å². The maximum absolute atomic E-state index is 14.7. The van der Waals surface area contributed by atoms with Crippen LogP contribution < -0.4 is 15.5 Å². The first-order valence-electron chi connectivity index (χ1n) is 10.4. The Bertz CT molecular complexity index is 1070. The molecule has 2 fully saturated rings. The highest BCUT2D eigenvalue weighted by molar-refractivity contribution is 6.30. The highest BCUT2D eigenvalue weighted by atomic mass is 35.5. The second kappa shape index (κ2) is 9.90. The maximum Gasteiger partial charge on any atom is 0.320 e. The van der Waals surface area contributed by atoms with Crippen LogP contribution in [-0.4, -0.2) is 48.6 Å². The molecule has 1 aliphatic carbocycles. The zero-order valence-electron chi connectivity index (χ0n) is 17.5. The Balaban J connectivity index is 1.44. The number of carbonyl (C=O) groups excluding carboxylic acids is 3. The molecule has 3 unspecified atom stereocenters. The Morgan fingerprint density at radius 3 is 2.70 bits per heavy atom. The van der Waals surface area contributed by atoms with Gasteiger partial charge in [-0.05, 0) is 37.1 Å². The molecular weight excluding hydrogens is 458 g/mol. The summed E-state index contributed by atoms with van der Waals surface area (Å²) in [5, 5.41) is 4.13. The van der Waals surface area contributed by atoms with E-state index in [1.54, 1.807) is 12.1 Å². The fourth-order valence-corrected chi connectivity index (χ4v) is 4.21. The van der Waals surface area contributed by atoms with Crippen LogP contribution in [0.5, 0.6) is 0 Å². The van der Waals surface area contributed by atoms with Crippen molar-refractivity contribution in [2.75, 3.05) is 30.0 Å². The molecule has 2 heterocycles. The van der Waals surface area contributed by atoms with Gasteiger partial charge in [-0.2, -0.15) is 0 Å². The van der Waals surface area contributed by atoms with Crippen LogP contribution in [0.1, 0.15) is 12.8 Å². The van der Waals surface area contributed by atoms with Crippen molar-refractivity contribution < 1.29 is 33.2 Å². The summed E-state index contributed by atoms with van der Waals surface area (Å²) in [6.07, 6.45) is -0.164. The fourth-order valence-electron chi connectivity index (χ4n) is 4.10. The van der Waals surface area contributed by atoms with Crippen LogP contribution in [0.25, 0.3) is 0 Å². The van der Waals surface area contributed by atoms with Crippen LogP contribution in [0.3, 0.4) is 0 Å². The lowest BCUT2D eigenvalue weighted by molar-refractivity contribution is -0.491. The van der Waals surface area contributed by atoms with E-state index in [1.807, 2.05) is 0 Å². The van der Waals surface area contributed by atoms with Gasteiger partial charge in [0.05, 0.1) is 35.3 Å². The minimum Gasteiger partial charge on any atom is -0.370 e. The number of amides is 3. The minimum atomic E-state index is -1.32. The number of halogens is 3. The third-order valence-corrected chi connectivity index (χ3v) is 5.98. The van der Waals surface area contributed by atoms with Crippen LogP contribution >= 0.6 is 11.6 Å². The zero-order valence-corrected chi connectivity index (χ0v) is 18.2. The molecular formula is C22H22ClF2N4O4+. The summed E-state index contributed by atoms with van der Waals surface area (Å²) < 4.78 is 33.9. The second-order valence-electron chi connectivity index (χ2n) is 7.98. The molecule has 1 aromatic carbocycles. The standard InChI is InChI=1S/C22H21ClF2N4O4/c23-12-1-4-19(26-10-12)28-22(32)16-8-13(24)7-15(16)21(31)27-18-3-2-14(9-17(18)25)29-5-6-33-11-20(29)30/h1-4,9-10,13,15-16H,5-8,11H2,(H,27,31)(H,26,28,32)/p+1. The fraction of sp³-hybridized carbons (Fsp3) is 0.364. The van der Waals surface area contributed by atoms with E-state index >= 15 is 0 Å². The Morgan fingerprint density at radius 1 is 1.21 bits per heavy atom. The highest BCUT2D eigenvalue weighted by Gasteiger charge is 2.45. The van der Waals surface area contributed by atoms with Crippen molar-refractivity contribution in [3.63, 3.8) is 0 Å². The molecule has 11 heteroatoms. The van der Waals surface area contributed by atoms with Crippen LogP contribution in [-0.2, 0) is 19.1 Å². The van der Waals surface area contributed by atoms with Crippen molar-refractivity contribution in [3.05, 3.63) is 47.4 Å². The molecule has 0 radical (unpaired) electrons. The van der Waals surface area contributed by atoms with E-state index in [0.29, 0.717) is 29.7 Å². The molecule has 1 aliphatic heterocycles. The van der Waals surface area contributed by atoms with Crippen molar-refractivity contribution in [2.45, 2.75) is 19.0 Å². The zero-order chi connectivity index (χ0) is 23.5. The van der Waals surface area contributed by atoms with Crippen LogP contribution in [0.15, 0.2) is 36.5 Å².